The largest absolute Gasteiger partial charge is 0.411 e. The first-order valence-electron chi connectivity index (χ1n) is 8.08. The monoisotopic (exact) mass is 429 g/mol. The van der Waals surface area contributed by atoms with Crippen LogP contribution in [-0.2, 0) is 4.79 Å². The van der Waals surface area contributed by atoms with Crippen LogP contribution in [0.25, 0.3) is 22.0 Å². The van der Waals surface area contributed by atoms with Crippen LogP contribution in [0.5, 0.6) is 0 Å². The topological polar surface area (TPSA) is 93.8 Å². The normalized spacial score (nSPS) is 10.8. The van der Waals surface area contributed by atoms with Crippen LogP contribution in [-0.4, -0.2) is 32.1 Å². The molecule has 4 rings (SSSR count). The number of nitrogens with zero attached hydrogens (tertiary/aromatic N) is 4. The highest BCUT2D eigenvalue weighted by molar-refractivity contribution is 7.99. The number of benzene rings is 2. The molecule has 7 nitrogen and oxygen atoms in total. The van der Waals surface area contributed by atoms with E-state index in [4.69, 9.17) is 16.0 Å². The van der Waals surface area contributed by atoms with Gasteiger partial charge in [0.1, 0.15) is 5.01 Å². The molecule has 28 heavy (non-hydrogen) atoms. The van der Waals surface area contributed by atoms with Crippen molar-refractivity contribution in [2.24, 2.45) is 0 Å². The Labute approximate surface area is 173 Å². The van der Waals surface area contributed by atoms with Crippen LogP contribution in [0.4, 0.5) is 5.13 Å². The van der Waals surface area contributed by atoms with Crippen molar-refractivity contribution in [1.29, 1.82) is 0 Å². The maximum atomic E-state index is 12.1. The Hall–Kier alpha value is -2.75. The van der Waals surface area contributed by atoms with Crippen molar-refractivity contribution < 1.29 is 9.21 Å². The molecule has 0 bridgehead atoms. The molecular weight excluding hydrogens is 418 g/mol. The Morgan fingerprint density at radius 2 is 1.79 bits per heavy atom. The SMILES string of the molecule is O=C(CSc1nnc(-c2ccc(Cl)cc2)o1)Nc1nnc(-c2ccccc2)s1. The van der Waals surface area contributed by atoms with Gasteiger partial charge in [-0.15, -0.1) is 20.4 Å². The van der Waals surface area contributed by atoms with Crippen LogP contribution in [0, 0.1) is 0 Å². The molecule has 0 aliphatic carbocycles. The zero-order valence-corrected chi connectivity index (χ0v) is 16.6. The third-order valence-corrected chi connectivity index (χ3v) is 5.47. The van der Waals surface area contributed by atoms with Gasteiger partial charge in [-0.25, -0.2) is 0 Å². The molecule has 1 amide bonds. The lowest BCUT2D eigenvalue weighted by atomic mass is 10.2. The van der Waals surface area contributed by atoms with Gasteiger partial charge in [0.2, 0.25) is 16.9 Å². The summed E-state index contributed by atoms with van der Waals surface area (Å²) < 4.78 is 5.56. The van der Waals surface area contributed by atoms with Crippen molar-refractivity contribution in [1.82, 2.24) is 20.4 Å². The molecule has 140 valence electrons. The van der Waals surface area contributed by atoms with Gasteiger partial charge in [-0.1, -0.05) is 65.0 Å². The van der Waals surface area contributed by atoms with Crippen LogP contribution in [0.1, 0.15) is 0 Å². The minimum Gasteiger partial charge on any atom is -0.411 e. The fourth-order valence-electron chi connectivity index (χ4n) is 2.23. The van der Waals surface area contributed by atoms with E-state index >= 15 is 0 Å². The Kier molecular flexibility index (Phi) is 5.65. The highest BCUT2D eigenvalue weighted by atomic mass is 35.5. The third-order valence-electron chi connectivity index (χ3n) is 3.52. The standard InChI is InChI=1S/C18H12ClN5O2S2/c19-13-8-6-11(7-9-13)15-21-24-18(26-15)27-10-14(25)20-17-23-22-16(28-17)12-4-2-1-3-5-12/h1-9H,10H2,(H,20,23,25). The van der Waals surface area contributed by atoms with Gasteiger partial charge in [0.05, 0.1) is 5.75 Å². The molecule has 0 unspecified atom stereocenters. The summed E-state index contributed by atoms with van der Waals surface area (Å²) in [4.78, 5) is 12.1. The van der Waals surface area contributed by atoms with Crippen molar-refractivity contribution in [3.63, 3.8) is 0 Å². The van der Waals surface area contributed by atoms with Gasteiger partial charge in [-0.3, -0.25) is 10.1 Å². The van der Waals surface area contributed by atoms with Crippen molar-refractivity contribution >= 4 is 45.7 Å². The molecule has 4 aromatic rings. The zero-order valence-electron chi connectivity index (χ0n) is 14.2. The number of hydrogen-bond donors (Lipinski definition) is 1. The fraction of sp³-hybridized carbons (Fsp3) is 0.0556. The Morgan fingerprint density at radius 3 is 2.57 bits per heavy atom. The molecule has 0 aliphatic rings. The van der Waals surface area contributed by atoms with Crippen LogP contribution < -0.4 is 5.32 Å². The molecule has 0 saturated heterocycles. The average Bonchev–Trinajstić information content (AvgIpc) is 3.37. The highest BCUT2D eigenvalue weighted by Crippen LogP contribution is 2.27. The summed E-state index contributed by atoms with van der Waals surface area (Å²) in [6.45, 7) is 0. The second kappa shape index (κ2) is 8.51. The lowest BCUT2D eigenvalue weighted by Crippen LogP contribution is -2.13. The molecule has 0 aliphatic heterocycles. The molecule has 0 spiro atoms. The van der Waals surface area contributed by atoms with Gasteiger partial charge in [0, 0.05) is 16.1 Å². The minimum absolute atomic E-state index is 0.114. The Balaban J connectivity index is 1.33. The fourth-order valence-corrected chi connectivity index (χ4v) is 3.69. The highest BCUT2D eigenvalue weighted by Gasteiger charge is 2.13. The second-order valence-corrected chi connectivity index (χ2v) is 7.84. The molecule has 2 aromatic heterocycles. The van der Waals surface area contributed by atoms with E-state index in [0.29, 0.717) is 21.3 Å². The van der Waals surface area contributed by atoms with E-state index in [1.165, 1.54) is 11.3 Å². The summed E-state index contributed by atoms with van der Waals surface area (Å²) in [6.07, 6.45) is 0. The smallest absolute Gasteiger partial charge is 0.277 e. The Morgan fingerprint density at radius 1 is 1.00 bits per heavy atom. The summed E-state index contributed by atoms with van der Waals surface area (Å²) >= 11 is 8.33. The van der Waals surface area contributed by atoms with E-state index in [1.54, 1.807) is 24.3 Å². The predicted molar refractivity (Wildman–Crippen MR) is 109 cm³/mol. The number of anilines is 1. The van der Waals surface area contributed by atoms with Gasteiger partial charge >= 0.3 is 0 Å². The number of thioether (sulfide) groups is 1. The number of aromatic nitrogens is 4. The first-order valence-corrected chi connectivity index (χ1v) is 10.3. The molecule has 10 heteroatoms. The predicted octanol–water partition coefficient (Wildman–Crippen LogP) is 4.64. The van der Waals surface area contributed by atoms with Crippen LogP contribution in [0.2, 0.25) is 5.02 Å². The lowest BCUT2D eigenvalue weighted by molar-refractivity contribution is -0.113. The van der Waals surface area contributed by atoms with Crippen molar-refractivity contribution in [2.45, 2.75) is 5.22 Å². The molecule has 2 aromatic carbocycles. The van der Waals surface area contributed by atoms with Crippen molar-refractivity contribution in [3.05, 3.63) is 59.6 Å². The summed E-state index contributed by atoms with van der Waals surface area (Å²) in [7, 11) is 0. The minimum atomic E-state index is -0.230. The number of nitrogens with one attached hydrogen (secondary N) is 1. The number of carbonyl (C=O) groups excluding carboxylic acids is 1. The summed E-state index contributed by atoms with van der Waals surface area (Å²) in [5.74, 6) is 0.255. The van der Waals surface area contributed by atoms with Gasteiger partial charge in [-0.05, 0) is 24.3 Å². The number of rotatable bonds is 6. The van der Waals surface area contributed by atoms with Gasteiger partial charge in [-0.2, -0.15) is 0 Å². The van der Waals surface area contributed by atoms with Crippen LogP contribution in [0.15, 0.2) is 64.2 Å². The van der Waals surface area contributed by atoms with Gasteiger partial charge in [0.15, 0.2) is 0 Å². The van der Waals surface area contributed by atoms with E-state index in [0.717, 1.165) is 27.9 Å². The molecule has 0 saturated carbocycles. The van der Waals surface area contributed by atoms with Crippen molar-refractivity contribution in [3.8, 4) is 22.0 Å². The Bertz CT molecular complexity index is 1080. The van der Waals surface area contributed by atoms with Gasteiger partial charge < -0.3 is 4.42 Å². The lowest BCUT2D eigenvalue weighted by Gasteiger charge is -1.98. The number of amides is 1. The maximum absolute atomic E-state index is 12.1. The number of halogens is 1. The number of carbonyl (C=O) groups is 1. The van der Waals surface area contributed by atoms with E-state index < -0.39 is 0 Å². The summed E-state index contributed by atoms with van der Waals surface area (Å²) in [5.41, 5.74) is 1.71. The average molecular weight is 430 g/mol. The molecule has 0 atom stereocenters. The third kappa shape index (κ3) is 4.56. The second-order valence-electron chi connectivity index (χ2n) is 5.50. The maximum Gasteiger partial charge on any atom is 0.277 e. The van der Waals surface area contributed by atoms with E-state index in [1.807, 2.05) is 30.3 Å². The summed E-state index contributed by atoms with van der Waals surface area (Å²) in [6, 6.07) is 16.7. The van der Waals surface area contributed by atoms with Crippen molar-refractivity contribution in [2.75, 3.05) is 11.1 Å². The first kappa shape index (κ1) is 18.6. The molecule has 1 N–H and O–H groups in total. The number of hydrogen-bond acceptors (Lipinski definition) is 8. The molecule has 0 radical (unpaired) electrons. The first-order chi connectivity index (χ1) is 13.7. The molecule has 0 fully saturated rings. The molecular formula is C18H12ClN5O2S2. The van der Waals surface area contributed by atoms with E-state index in [9.17, 15) is 4.79 Å². The quantitative estimate of drug-likeness (QED) is 0.446. The van der Waals surface area contributed by atoms with Crippen LogP contribution in [0.3, 0.4) is 0 Å². The summed E-state index contributed by atoms with van der Waals surface area (Å²) in [5, 5.41) is 20.9. The van der Waals surface area contributed by atoms with E-state index in [-0.39, 0.29) is 11.7 Å². The van der Waals surface area contributed by atoms with Crippen LogP contribution >= 0.6 is 34.7 Å². The van der Waals surface area contributed by atoms with E-state index in [2.05, 4.69) is 25.7 Å². The molecule has 2 heterocycles. The zero-order chi connectivity index (χ0) is 19.3. The van der Waals surface area contributed by atoms with Gasteiger partial charge in [0.25, 0.3) is 5.22 Å².